The third-order valence-electron chi connectivity index (χ3n) is 4.07. The van der Waals surface area contributed by atoms with Crippen LogP contribution in [0.15, 0.2) is 45.9 Å². The third kappa shape index (κ3) is 6.43. The Bertz CT molecular complexity index is 666. The summed E-state index contributed by atoms with van der Waals surface area (Å²) in [5, 5.41) is 10.7. The van der Waals surface area contributed by atoms with Crippen LogP contribution in [0.5, 0.6) is 0 Å². The molecule has 0 spiro atoms. The van der Waals surface area contributed by atoms with Crippen LogP contribution in [0.3, 0.4) is 0 Å². The summed E-state index contributed by atoms with van der Waals surface area (Å²) in [7, 11) is 2.12. The Morgan fingerprint density at radius 3 is 2.65 bits per heavy atom. The van der Waals surface area contributed by atoms with Crippen LogP contribution in [0.1, 0.15) is 44.6 Å². The summed E-state index contributed by atoms with van der Waals surface area (Å²) < 4.78 is 5.34. The van der Waals surface area contributed by atoms with E-state index in [4.69, 9.17) is 4.52 Å². The van der Waals surface area contributed by atoms with Crippen LogP contribution in [0.25, 0.3) is 0 Å². The first-order valence-electron chi connectivity index (χ1n) is 9.34. The van der Waals surface area contributed by atoms with Crippen molar-refractivity contribution >= 4 is 11.6 Å². The molecule has 0 fully saturated rings. The predicted octanol–water partition coefficient (Wildman–Crippen LogP) is 3.38. The number of guanidine groups is 1. The zero-order valence-corrected chi connectivity index (χ0v) is 16.3. The molecule has 0 amide bonds. The molecular formula is C20H31N5O. The van der Waals surface area contributed by atoms with Crippen LogP contribution in [0, 0.1) is 0 Å². The van der Waals surface area contributed by atoms with Crippen LogP contribution < -0.4 is 15.5 Å². The molecule has 0 aliphatic carbocycles. The van der Waals surface area contributed by atoms with E-state index in [1.165, 1.54) is 5.69 Å². The van der Waals surface area contributed by atoms with Gasteiger partial charge in [0.15, 0.2) is 11.7 Å². The van der Waals surface area contributed by atoms with Crippen molar-refractivity contribution in [1.82, 2.24) is 15.8 Å². The Kier molecular flexibility index (Phi) is 7.99. The number of aliphatic imine (C=N–C) groups is 1. The number of rotatable bonds is 9. The fourth-order valence-corrected chi connectivity index (χ4v) is 2.51. The maximum absolute atomic E-state index is 5.34. The lowest BCUT2D eigenvalue weighted by Crippen LogP contribution is -2.38. The molecule has 6 heteroatoms. The fraction of sp³-hybridized carbons (Fsp3) is 0.500. The maximum Gasteiger partial charge on any atom is 0.191 e. The Balaban J connectivity index is 1.77. The molecule has 0 aliphatic rings. The molecule has 0 saturated carbocycles. The minimum absolute atomic E-state index is 0.365. The molecule has 0 unspecified atom stereocenters. The van der Waals surface area contributed by atoms with E-state index >= 15 is 0 Å². The third-order valence-corrected chi connectivity index (χ3v) is 4.07. The molecule has 0 aliphatic heterocycles. The summed E-state index contributed by atoms with van der Waals surface area (Å²) in [6, 6.07) is 12.4. The van der Waals surface area contributed by atoms with Crippen LogP contribution >= 0.6 is 0 Å². The van der Waals surface area contributed by atoms with Gasteiger partial charge in [-0.15, -0.1) is 0 Å². The number of hydrogen-bond acceptors (Lipinski definition) is 4. The SMILES string of the molecule is CCNC(=NCc1cc(C(C)C)no1)NCCCN(C)c1ccccc1. The van der Waals surface area contributed by atoms with Crippen molar-refractivity contribution in [3.63, 3.8) is 0 Å². The Morgan fingerprint density at radius 1 is 1.23 bits per heavy atom. The summed E-state index contributed by atoms with van der Waals surface area (Å²) in [5.41, 5.74) is 2.21. The quantitative estimate of drug-likeness (QED) is 0.409. The molecule has 26 heavy (non-hydrogen) atoms. The Hall–Kier alpha value is -2.50. The molecule has 1 aromatic heterocycles. The molecule has 0 atom stereocenters. The van der Waals surface area contributed by atoms with E-state index in [1.54, 1.807) is 0 Å². The van der Waals surface area contributed by atoms with Gasteiger partial charge in [-0.25, -0.2) is 4.99 Å². The highest BCUT2D eigenvalue weighted by Gasteiger charge is 2.07. The first-order chi connectivity index (χ1) is 12.6. The zero-order valence-electron chi connectivity index (χ0n) is 16.3. The van der Waals surface area contributed by atoms with Gasteiger partial charge in [0.1, 0.15) is 6.54 Å². The highest BCUT2D eigenvalue weighted by Crippen LogP contribution is 2.14. The average molecular weight is 358 g/mol. The first-order valence-corrected chi connectivity index (χ1v) is 9.34. The lowest BCUT2D eigenvalue weighted by Gasteiger charge is -2.19. The van der Waals surface area contributed by atoms with Crippen molar-refractivity contribution in [2.75, 3.05) is 31.6 Å². The topological polar surface area (TPSA) is 65.7 Å². The van der Waals surface area contributed by atoms with Crippen LogP contribution in [0.4, 0.5) is 5.69 Å². The van der Waals surface area contributed by atoms with E-state index in [-0.39, 0.29) is 0 Å². The van der Waals surface area contributed by atoms with E-state index < -0.39 is 0 Å². The van der Waals surface area contributed by atoms with Crippen molar-refractivity contribution in [3.05, 3.63) is 47.9 Å². The molecule has 142 valence electrons. The number of benzene rings is 1. The zero-order chi connectivity index (χ0) is 18.8. The average Bonchev–Trinajstić information content (AvgIpc) is 3.13. The number of aromatic nitrogens is 1. The second-order valence-electron chi connectivity index (χ2n) is 6.61. The number of anilines is 1. The van der Waals surface area contributed by atoms with Crippen molar-refractivity contribution in [2.24, 2.45) is 4.99 Å². The van der Waals surface area contributed by atoms with Gasteiger partial charge < -0.3 is 20.1 Å². The standard InChI is InChI=1S/C20H31N5O/c1-5-21-20(23-15-18-14-19(16(2)3)24-26-18)22-12-9-13-25(4)17-10-7-6-8-11-17/h6-8,10-11,14,16H,5,9,12-13,15H2,1-4H3,(H2,21,22,23). The summed E-state index contributed by atoms with van der Waals surface area (Å²) in [6.07, 6.45) is 1.02. The number of nitrogens with one attached hydrogen (secondary N) is 2. The molecule has 0 radical (unpaired) electrons. The normalized spacial score (nSPS) is 11.7. The van der Waals surface area contributed by atoms with Crippen LogP contribution in [0.2, 0.25) is 0 Å². The molecule has 6 nitrogen and oxygen atoms in total. The maximum atomic E-state index is 5.34. The summed E-state index contributed by atoms with van der Waals surface area (Å²) in [4.78, 5) is 6.84. The molecular weight excluding hydrogens is 326 g/mol. The van der Waals surface area contributed by atoms with Crippen molar-refractivity contribution < 1.29 is 4.52 Å². The van der Waals surface area contributed by atoms with Gasteiger partial charge in [-0.2, -0.15) is 0 Å². The smallest absolute Gasteiger partial charge is 0.191 e. The van der Waals surface area contributed by atoms with Gasteiger partial charge in [0.2, 0.25) is 0 Å². The van der Waals surface area contributed by atoms with E-state index in [2.05, 4.69) is 77.8 Å². The molecule has 2 N–H and O–H groups in total. The predicted molar refractivity (Wildman–Crippen MR) is 108 cm³/mol. The van der Waals surface area contributed by atoms with Gasteiger partial charge in [-0.1, -0.05) is 37.2 Å². The van der Waals surface area contributed by atoms with Crippen molar-refractivity contribution in [1.29, 1.82) is 0 Å². The number of hydrogen-bond donors (Lipinski definition) is 2. The van der Waals surface area contributed by atoms with Crippen LogP contribution in [-0.2, 0) is 6.54 Å². The van der Waals surface area contributed by atoms with Gasteiger partial charge in [0.05, 0.1) is 5.69 Å². The molecule has 2 rings (SSSR count). The second-order valence-corrected chi connectivity index (χ2v) is 6.61. The molecule has 0 saturated heterocycles. The molecule has 1 aromatic carbocycles. The second kappa shape index (κ2) is 10.5. The minimum Gasteiger partial charge on any atom is -0.375 e. The van der Waals surface area contributed by atoms with E-state index in [9.17, 15) is 0 Å². The molecule has 2 aromatic rings. The monoisotopic (exact) mass is 357 g/mol. The number of nitrogens with zero attached hydrogens (tertiary/aromatic N) is 3. The molecule has 1 heterocycles. The fourth-order valence-electron chi connectivity index (χ4n) is 2.51. The van der Waals surface area contributed by atoms with E-state index in [0.717, 1.165) is 43.5 Å². The van der Waals surface area contributed by atoms with Crippen LogP contribution in [-0.4, -0.2) is 37.8 Å². The van der Waals surface area contributed by atoms with Crippen molar-refractivity contribution in [3.8, 4) is 0 Å². The first kappa shape index (κ1) is 19.8. The Morgan fingerprint density at radius 2 is 2.00 bits per heavy atom. The lowest BCUT2D eigenvalue weighted by molar-refractivity contribution is 0.376. The van der Waals surface area contributed by atoms with E-state index in [1.807, 2.05) is 12.1 Å². The minimum atomic E-state index is 0.365. The van der Waals surface area contributed by atoms with Crippen molar-refractivity contribution in [2.45, 2.75) is 39.7 Å². The largest absolute Gasteiger partial charge is 0.375 e. The lowest BCUT2D eigenvalue weighted by atomic mass is 10.1. The van der Waals surface area contributed by atoms with Gasteiger partial charge >= 0.3 is 0 Å². The summed E-state index contributed by atoms with van der Waals surface area (Å²) in [5.74, 6) is 1.96. The van der Waals surface area contributed by atoms with Gasteiger partial charge in [0.25, 0.3) is 0 Å². The number of para-hydroxylation sites is 1. The highest BCUT2D eigenvalue weighted by atomic mass is 16.5. The molecule has 0 bridgehead atoms. The highest BCUT2D eigenvalue weighted by molar-refractivity contribution is 5.79. The summed E-state index contributed by atoms with van der Waals surface area (Å²) >= 11 is 0. The Labute approximate surface area is 156 Å². The van der Waals surface area contributed by atoms with Gasteiger partial charge in [-0.05, 0) is 31.4 Å². The van der Waals surface area contributed by atoms with E-state index in [0.29, 0.717) is 12.5 Å². The van der Waals surface area contributed by atoms with Gasteiger partial charge in [0, 0.05) is 38.4 Å². The summed E-state index contributed by atoms with van der Waals surface area (Å²) in [6.45, 7) is 9.41. The van der Waals surface area contributed by atoms with Gasteiger partial charge in [-0.3, -0.25) is 0 Å².